The fourth-order valence-electron chi connectivity index (χ4n) is 2.06. The molecular weight excluding hydrogens is 200 g/mol. The number of unbranched alkanes of at least 4 members (excludes halogenated alkanes) is 1. The lowest BCUT2D eigenvalue weighted by Gasteiger charge is -2.27. The molecule has 0 saturated heterocycles. The van der Waals surface area contributed by atoms with Gasteiger partial charge in [-0.15, -0.1) is 0 Å². The average molecular weight is 230 g/mol. The molecule has 0 amide bonds. The molecule has 3 heteroatoms. The maximum absolute atomic E-state index is 9.75. The first-order valence-electron chi connectivity index (χ1n) is 6.59. The van der Waals surface area contributed by atoms with Crippen molar-refractivity contribution < 1.29 is 5.11 Å². The number of nitrogens with zero attached hydrogens (tertiary/aromatic N) is 1. The van der Waals surface area contributed by atoms with Gasteiger partial charge in [-0.1, -0.05) is 13.8 Å². The van der Waals surface area contributed by atoms with Gasteiger partial charge in [0, 0.05) is 12.6 Å². The summed E-state index contributed by atoms with van der Waals surface area (Å²) >= 11 is 0. The first-order valence-corrected chi connectivity index (χ1v) is 6.59. The van der Waals surface area contributed by atoms with Crippen molar-refractivity contribution >= 4 is 0 Å². The molecule has 0 radical (unpaired) electrons. The van der Waals surface area contributed by atoms with Crippen LogP contribution in [0.5, 0.6) is 0 Å². The monoisotopic (exact) mass is 230 g/mol. The van der Waals surface area contributed by atoms with Crippen molar-refractivity contribution in [2.45, 2.75) is 64.5 Å². The van der Waals surface area contributed by atoms with E-state index >= 15 is 0 Å². The Labute approximate surface area is 101 Å². The second-order valence-corrected chi connectivity index (χ2v) is 5.11. The third kappa shape index (κ3) is 6.46. The van der Waals surface area contributed by atoms with Crippen LogP contribution in [0.1, 0.15) is 52.9 Å². The first-order chi connectivity index (χ1) is 7.46. The molecule has 3 N–H and O–H groups in total. The average Bonchev–Trinajstić information content (AvgIpc) is 2.26. The first kappa shape index (κ1) is 15.9. The van der Waals surface area contributed by atoms with E-state index in [9.17, 15) is 5.11 Å². The van der Waals surface area contributed by atoms with E-state index < -0.39 is 5.60 Å². The van der Waals surface area contributed by atoms with Gasteiger partial charge in [0.25, 0.3) is 0 Å². The molecule has 3 nitrogen and oxygen atoms in total. The van der Waals surface area contributed by atoms with Crippen LogP contribution < -0.4 is 5.73 Å². The van der Waals surface area contributed by atoms with Gasteiger partial charge in [-0.05, 0) is 52.6 Å². The highest BCUT2D eigenvalue weighted by atomic mass is 16.3. The van der Waals surface area contributed by atoms with Crippen molar-refractivity contribution in [3.8, 4) is 0 Å². The zero-order valence-corrected chi connectivity index (χ0v) is 11.5. The Kier molecular flexibility index (Phi) is 7.98. The third-order valence-corrected chi connectivity index (χ3v) is 3.48. The van der Waals surface area contributed by atoms with Crippen LogP contribution in [0.25, 0.3) is 0 Å². The van der Waals surface area contributed by atoms with E-state index in [-0.39, 0.29) is 0 Å². The molecule has 1 unspecified atom stereocenters. The molecule has 0 heterocycles. The highest BCUT2D eigenvalue weighted by Gasteiger charge is 2.17. The molecule has 0 fully saturated rings. The highest BCUT2D eigenvalue weighted by molar-refractivity contribution is 4.73. The summed E-state index contributed by atoms with van der Waals surface area (Å²) in [5.41, 5.74) is 4.81. The van der Waals surface area contributed by atoms with E-state index in [4.69, 9.17) is 5.73 Å². The van der Waals surface area contributed by atoms with Crippen molar-refractivity contribution in [2.75, 3.05) is 20.1 Å². The second kappa shape index (κ2) is 8.04. The normalized spacial score (nSPS) is 15.8. The van der Waals surface area contributed by atoms with Crippen LogP contribution in [0, 0.1) is 0 Å². The summed E-state index contributed by atoms with van der Waals surface area (Å²) < 4.78 is 0. The molecule has 98 valence electrons. The van der Waals surface area contributed by atoms with Gasteiger partial charge in [0.05, 0.1) is 5.60 Å². The number of aliphatic hydroxyl groups is 1. The Bertz CT molecular complexity index is 167. The van der Waals surface area contributed by atoms with Gasteiger partial charge >= 0.3 is 0 Å². The van der Waals surface area contributed by atoms with Gasteiger partial charge < -0.3 is 15.7 Å². The Morgan fingerprint density at radius 2 is 1.81 bits per heavy atom. The van der Waals surface area contributed by atoms with Gasteiger partial charge in [0.15, 0.2) is 0 Å². The fourth-order valence-corrected chi connectivity index (χ4v) is 2.06. The summed E-state index contributed by atoms with van der Waals surface area (Å²) in [5.74, 6) is 0. The van der Waals surface area contributed by atoms with E-state index in [1.807, 2.05) is 6.92 Å². The van der Waals surface area contributed by atoms with Crippen molar-refractivity contribution in [1.29, 1.82) is 0 Å². The van der Waals surface area contributed by atoms with Crippen LogP contribution in [0.2, 0.25) is 0 Å². The van der Waals surface area contributed by atoms with Gasteiger partial charge in [0.1, 0.15) is 0 Å². The Balaban J connectivity index is 3.66. The maximum atomic E-state index is 9.75. The lowest BCUT2D eigenvalue weighted by atomic mass is 9.99. The lowest BCUT2D eigenvalue weighted by molar-refractivity contribution is 0.0561. The maximum Gasteiger partial charge on any atom is 0.0741 e. The number of hydrogen-bond donors (Lipinski definition) is 2. The predicted octanol–water partition coefficient (Wildman–Crippen LogP) is 1.99. The highest BCUT2D eigenvalue weighted by Crippen LogP contribution is 2.13. The van der Waals surface area contributed by atoms with E-state index in [1.54, 1.807) is 0 Å². The number of nitrogens with two attached hydrogens (primary N) is 1. The van der Waals surface area contributed by atoms with Crippen LogP contribution in [0.15, 0.2) is 0 Å². The van der Waals surface area contributed by atoms with E-state index in [0.717, 1.165) is 25.8 Å². The standard InChI is InChI=1S/C13H30N2O/c1-5-12(6-2)15(4)10-8-7-9-13(3,16)11-14/h12,16H,5-11,14H2,1-4H3. The Hall–Kier alpha value is -0.120. The van der Waals surface area contributed by atoms with E-state index in [2.05, 4.69) is 25.8 Å². The summed E-state index contributed by atoms with van der Waals surface area (Å²) in [6.07, 6.45) is 5.43. The molecular formula is C13H30N2O. The molecule has 1 atom stereocenters. The predicted molar refractivity (Wildman–Crippen MR) is 70.5 cm³/mol. The summed E-state index contributed by atoms with van der Waals surface area (Å²) in [6, 6.07) is 0.704. The van der Waals surface area contributed by atoms with E-state index in [1.165, 1.54) is 12.8 Å². The Morgan fingerprint density at radius 3 is 2.25 bits per heavy atom. The summed E-state index contributed by atoms with van der Waals surface area (Å²) in [6.45, 7) is 7.77. The quantitative estimate of drug-likeness (QED) is 0.596. The molecule has 16 heavy (non-hydrogen) atoms. The molecule has 0 aliphatic heterocycles. The topological polar surface area (TPSA) is 49.5 Å². The van der Waals surface area contributed by atoms with Crippen molar-refractivity contribution in [2.24, 2.45) is 5.73 Å². The van der Waals surface area contributed by atoms with Crippen LogP contribution in [-0.2, 0) is 0 Å². The second-order valence-electron chi connectivity index (χ2n) is 5.11. The molecule has 0 saturated carbocycles. The SMILES string of the molecule is CCC(CC)N(C)CCCCC(C)(O)CN. The van der Waals surface area contributed by atoms with Crippen LogP contribution in [0.3, 0.4) is 0 Å². The largest absolute Gasteiger partial charge is 0.389 e. The third-order valence-electron chi connectivity index (χ3n) is 3.48. The van der Waals surface area contributed by atoms with Gasteiger partial charge in [0.2, 0.25) is 0 Å². The van der Waals surface area contributed by atoms with Crippen LogP contribution in [-0.4, -0.2) is 41.8 Å². The minimum Gasteiger partial charge on any atom is -0.389 e. The molecule has 0 aromatic rings. The molecule has 0 rings (SSSR count). The smallest absolute Gasteiger partial charge is 0.0741 e. The van der Waals surface area contributed by atoms with Crippen molar-refractivity contribution in [1.82, 2.24) is 4.90 Å². The van der Waals surface area contributed by atoms with Crippen LogP contribution >= 0.6 is 0 Å². The molecule has 0 bridgehead atoms. The summed E-state index contributed by atoms with van der Waals surface area (Å²) in [4.78, 5) is 2.43. The van der Waals surface area contributed by atoms with Gasteiger partial charge in [-0.3, -0.25) is 0 Å². The van der Waals surface area contributed by atoms with Gasteiger partial charge in [-0.25, -0.2) is 0 Å². The summed E-state index contributed by atoms with van der Waals surface area (Å²) in [7, 11) is 2.19. The molecule has 0 aliphatic rings. The van der Waals surface area contributed by atoms with Gasteiger partial charge in [-0.2, -0.15) is 0 Å². The minimum atomic E-state index is -0.673. The Morgan fingerprint density at radius 1 is 1.25 bits per heavy atom. The fraction of sp³-hybridized carbons (Fsp3) is 1.00. The summed E-state index contributed by atoms with van der Waals surface area (Å²) in [5, 5.41) is 9.75. The zero-order chi connectivity index (χ0) is 12.6. The zero-order valence-electron chi connectivity index (χ0n) is 11.5. The van der Waals surface area contributed by atoms with Crippen molar-refractivity contribution in [3.63, 3.8) is 0 Å². The number of hydrogen-bond acceptors (Lipinski definition) is 3. The molecule has 0 aliphatic carbocycles. The molecule has 0 spiro atoms. The number of rotatable bonds is 9. The van der Waals surface area contributed by atoms with Crippen LogP contribution in [0.4, 0.5) is 0 Å². The molecule has 0 aromatic carbocycles. The molecule has 0 aromatic heterocycles. The van der Waals surface area contributed by atoms with Crippen molar-refractivity contribution in [3.05, 3.63) is 0 Å². The van der Waals surface area contributed by atoms with E-state index in [0.29, 0.717) is 12.6 Å². The lowest BCUT2D eigenvalue weighted by Crippen LogP contribution is -2.35. The minimum absolute atomic E-state index is 0.357.